The van der Waals surface area contributed by atoms with E-state index in [1.54, 1.807) is 18.6 Å². The molecule has 2 aromatic heterocycles. The third kappa shape index (κ3) is 3.82. The van der Waals surface area contributed by atoms with Gasteiger partial charge in [-0.2, -0.15) is 0 Å². The van der Waals surface area contributed by atoms with E-state index in [-0.39, 0.29) is 5.69 Å². The Morgan fingerprint density at radius 2 is 1.89 bits per heavy atom. The predicted molar refractivity (Wildman–Crippen MR) is 103 cm³/mol. The van der Waals surface area contributed by atoms with Crippen molar-refractivity contribution >= 4 is 28.3 Å². The maximum atomic E-state index is 13.8. The van der Waals surface area contributed by atoms with E-state index in [9.17, 15) is 13.2 Å². The number of anilines is 1. The molecule has 0 fully saturated rings. The van der Waals surface area contributed by atoms with Gasteiger partial charge in [0.1, 0.15) is 17.1 Å². The molecule has 0 aliphatic rings. The number of hydrogen-bond acceptors (Lipinski definition) is 5. The number of aromatic nitrogens is 1. The molecule has 0 radical (unpaired) electrons. The number of nitrogens with zero attached hydrogens (tertiary/aromatic N) is 1. The van der Waals surface area contributed by atoms with E-state index in [4.69, 9.17) is 4.42 Å². The van der Waals surface area contributed by atoms with Gasteiger partial charge in [-0.1, -0.05) is 24.3 Å². The minimum absolute atomic E-state index is 0.0952. The summed E-state index contributed by atoms with van der Waals surface area (Å²) in [6.45, 7) is 0. The summed E-state index contributed by atoms with van der Waals surface area (Å²) in [5, 5.41) is 2.81. The molecule has 0 saturated carbocycles. The van der Waals surface area contributed by atoms with Gasteiger partial charge in [-0.15, -0.1) is 11.3 Å². The fourth-order valence-corrected chi connectivity index (χ4v) is 3.81. The molecule has 0 amide bonds. The highest BCUT2D eigenvalue weighted by molar-refractivity contribution is 7.80. The maximum absolute atomic E-state index is 13.8. The Hall–Kier alpha value is -2.81. The molecule has 0 spiro atoms. The van der Waals surface area contributed by atoms with Gasteiger partial charge < -0.3 is 13.7 Å². The SMILES string of the molecule is O=S([O-])Nc1cc(-c2cccc(-c3csc(-c4ccoc4)n3)c2)ccc1F. The zero-order valence-electron chi connectivity index (χ0n) is 13.7. The Kier molecular flexibility index (Phi) is 4.85. The minimum Gasteiger partial charge on any atom is -0.755 e. The van der Waals surface area contributed by atoms with E-state index in [1.807, 2.05) is 35.7 Å². The Morgan fingerprint density at radius 1 is 1.07 bits per heavy atom. The zero-order chi connectivity index (χ0) is 18.8. The summed E-state index contributed by atoms with van der Waals surface area (Å²) in [6, 6.07) is 13.8. The molecule has 136 valence electrons. The van der Waals surface area contributed by atoms with Gasteiger partial charge in [-0.05, 0) is 35.4 Å². The second-order valence-electron chi connectivity index (χ2n) is 5.66. The Balaban J connectivity index is 1.68. The Morgan fingerprint density at radius 3 is 2.67 bits per heavy atom. The van der Waals surface area contributed by atoms with Crippen LogP contribution < -0.4 is 4.72 Å². The van der Waals surface area contributed by atoms with Gasteiger partial charge >= 0.3 is 0 Å². The zero-order valence-corrected chi connectivity index (χ0v) is 15.4. The average Bonchev–Trinajstić information content (AvgIpc) is 3.35. The van der Waals surface area contributed by atoms with Crippen LogP contribution >= 0.6 is 11.3 Å². The summed E-state index contributed by atoms with van der Waals surface area (Å²) in [4.78, 5) is 4.63. The Labute approximate surface area is 160 Å². The molecular formula is C19H12FN2O3S2-. The molecule has 1 atom stereocenters. The van der Waals surface area contributed by atoms with Crippen molar-refractivity contribution in [2.75, 3.05) is 4.72 Å². The van der Waals surface area contributed by atoms with Crippen molar-refractivity contribution in [2.45, 2.75) is 0 Å². The highest BCUT2D eigenvalue weighted by atomic mass is 32.2. The first kappa shape index (κ1) is 17.6. The van der Waals surface area contributed by atoms with Crippen molar-refractivity contribution in [3.63, 3.8) is 0 Å². The van der Waals surface area contributed by atoms with E-state index in [0.717, 1.165) is 27.4 Å². The highest BCUT2D eigenvalue weighted by Crippen LogP contribution is 2.32. The van der Waals surface area contributed by atoms with Gasteiger partial charge in [-0.25, -0.2) is 9.37 Å². The fourth-order valence-electron chi connectivity index (χ4n) is 2.66. The number of thiazole rings is 1. The quantitative estimate of drug-likeness (QED) is 0.475. The normalized spacial score (nSPS) is 12.1. The van der Waals surface area contributed by atoms with Crippen molar-refractivity contribution in [3.8, 4) is 33.0 Å². The van der Waals surface area contributed by atoms with Crippen LogP contribution in [-0.2, 0) is 11.3 Å². The molecule has 0 aliphatic carbocycles. The smallest absolute Gasteiger partial charge is 0.147 e. The highest BCUT2D eigenvalue weighted by Gasteiger charge is 2.10. The lowest BCUT2D eigenvalue weighted by atomic mass is 10.0. The van der Waals surface area contributed by atoms with Gasteiger partial charge in [0.2, 0.25) is 0 Å². The number of halogens is 1. The monoisotopic (exact) mass is 399 g/mol. The van der Waals surface area contributed by atoms with E-state index in [0.29, 0.717) is 5.56 Å². The first-order valence-electron chi connectivity index (χ1n) is 7.84. The molecule has 27 heavy (non-hydrogen) atoms. The van der Waals surface area contributed by atoms with Gasteiger partial charge in [0.15, 0.2) is 0 Å². The van der Waals surface area contributed by atoms with E-state index >= 15 is 0 Å². The van der Waals surface area contributed by atoms with Crippen LogP contribution in [0.25, 0.3) is 33.0 Å². The lowest BCUT2D eigenvalue weighted by Gasteiger charge is -2.11. The molecular weight excluding hydrogens is 387 g/mol. The van der Waals surface area contributed by atoms with Crippen LogP contribution in [0.1, 0.15) is 0 Å². The largest absolute Gasteiger partial charge is 0.755 e. The van der Waals surface area contributed by atoms with Crippen molar-refractivity contribution in [1.29, 1.82) is 0 Å². The second kappa shape index (κ2) is 7.43. The van der Waals surface area contributed by atoms with Crippen LogP contribution in [-0.4, -0.2) is 13.7 Å². The van der Waals surface area contributed by atoms with Crippen molar-refractivity contribution in [2.24, 2.45) is 0 Å². The number of furan rings is 1. The number of rotatable bonds is 5. The Bertz CT molecular complexity index is 1110. The van der Waals surface area contributed by atoms with Gasteiger partial charge in [0.05, 0.1) is 17.6 Å². The molecule has 0 aliphatic heterocycles. The van der Waals surface area contributed by atoms with E-state index < -0.39 is 17.1 Å². The summed E-state index contributed by atoms with van der Waals surface area (Å²) < 4.78 is 42.6. The minimum atomic E-state index is -2.59. The summed E-state index contributed by atoms with van der Waals surface area (Å²) in [5.74, 6) is -0.636. The van der Waals surface area contributed by atoms with Crippen LogP contribution in [0.15, 0.2) is 70.9 Å². The van der Waals surface area contributed by atoms with Gasteiger partial charge in [0.25, 0.3) is 0 Å². The molecule has 1 N–H and O–H groups in total. The first-order valence-corrected chi connectivity index (χ1v) is 9.80. The molecule has 1 unspecified atom stereocenters. The van der Waals surface area contributed by atoms with Crippen molar-refractivity contribution in [3.05, 3.63) is 72.3 Å². The van der Waals surface area contributed by atoms with Crippen LogP contribution in [0, 0.1) is 5.82 Å². The van der Waals surface area contributed by atoms with Gasteiger partial charge in [-0.3, -0.25) is 4.21 Å². The predicted octanol–water partition coefficient (Wildman–Crippen LogP) is 5.08. The topological polar surface area (TPSA) is 78.2 Å². The van der Waals surface area contributed by atoms with Crippen molar-refractivity contribution in [1.82, 2.24) is 4.98 Å². The third-order valence-electron chi connectivity index (χ3n) is 3.92. The van der Waals surface area contributed by atoms with Crippen LogP contribution in [0.5, 0.6) is 0 Å². The molecule has 4 aromatic rings. The molecule has 2 heterocycles. The number of nitrogens with one attached hydrogen (secondary N) is 1. The molecule has 8 heteroatoms. The second-order valence-corrected chi connectivity index (χ2v) is 7.19. The van der Waals surface area contributed by atoms with Crippen LogP contribution in [0.3, 0.4) is 0 Å². The number of hydrogen-bond donors (Lipinski definition) is 1. The fraction of sp³-hybridized carbons (Fsp3) is 0. The third-order valence-corrected chi connectivity index (χ3v) is 5.20. The van der Waals surface area contributed by atoms with Crippen molar-refractivity contribution < 1.29 is 17.6 Å². The van der Waals surface area contributed by atoms with E-state index in [2.05, 4.69) is 9.71 Å². The summed E-state index contributed by atoms with van der Waals surface area (Å²) in [6.07, 6.45) is 3.25. The lowest BCUT2D eigenvalue weighted by molar-refractivity contribution is 0.541. The summed E-state index contributed by atoms with van der Waals surface area (Å²) in [7, 11) is 0. The summed E-state index contributed by atoms with van der Waals surface area (Å²) >= 11 is -1.08. The van der Waals surface area contributed by atoms with Crippen LogP contribution in [0.2, 0.25) is 0 Å². The maximum Gasteiger partial charge on any atom is 0.147 e. The standard InChI is InChI=1S/C19H13FN2O3S2/c20-16-5-4-13(9-17(16)22-27(23)24)12-2-1-3-14(8-12)18-11-26-19(21-18)15-6-7-25-10-15/h1-11,22H,(H,23,24)/p-1. The van der Waals surface area contributed by atoms with Crippen LogP contribution in [0.4, 0.5) is 10.1 Å². The average molecular weight is 399 g/mol. The van der Waals surface area contributed by atoms with E-state index in [1.165, 1.54) is 23.5 Å². The molecule has 4 rings (SSSR count). The first-order chi connectivity index (χ1) is 13.1. The lowest BCUT2D eigenvalue weighted by Crippen LogP contribution is -2.04. The van der Waals surface area contributed by atoms with Gasteiger partial charge in [0, 0.05) is 27.8 Å². The molecule has 0 saturated heterocycles. The number of benzene rings is 2. The molecule has 2 aromatic carbocycles. The molecule has 5 nitrogen and oxygen atoms in total. The molecule has 0 bridgehead atoms. The summed E-state index contributed by atoms with van der Waals surface area (Å²) in [5.41, 5.74) is 4.06.